The molecule has 0 atom stereocenters. The summed E-state index contributed by atoms with van der Waals surface area (Å²) in [5.41, 5.74) is 2.48. The van der Waals surface area contributed by atoms with Crippen LogP contribution in [0.15, 0.2) is 18.3 Å². The first kappa shape index (κ1) is 15.0. The Labute approximate surface area is 112 Å². The third kappa shape index (κ3) is 4.67. The molecule has 2 heterocycles. The minimum absolute atomic E-state index is 0.528. The van der Waals surface area contributed by atoms with E-state index in [1.54, 1.807) is 0 Å². The summed E-state index contributed by atoms with van der Waals surface area (Å²) in [4.78, 5) is 6.96. The van der Waals surface area contributed by atoms with Crippen LogP contribution in [0.25, 0.3) is 0 Å². The van der Waals surface area contributed by atoms with Crippen LogP contribution in [0, 0.1) is 0 Å². The van der Waals surface area contributed by atoms with Gasteiger partial charge in [-0.1, -0.05) is 34.1 Å². The molecule has 2 rings (SSSR count). The molecule has 0 saturated carbocycles. The Balaban J connectivity index is 0.000000492. The van der Waals surface area contributed by atoms with E-state index in [1.807, 2.05) is 6.20 Å². The van der Waals surface area contributed by atoms with Gasteiger partial charge >= 0.3 is 0 Å². The first-order valence-corrected chi connectivity index (χ1v) is 7.39. The summed E-state index contributed by atoms with van der Waals surface area (Å²) in [5.74, 6) is 0.528. The predicted octanol–water partition coefficient (Wildman–Crippen LogP) is 4.61. The highest BCUT2D eigenvalue weighted by Gasteiger charge is 2.11. The topological polar surface area (TPSA) is 16.1 Å². The van der Waals surface area contributed by atoms with Crippen LogP contribution >= 0.6 is 0 Å². The molecular formula is C16H28N2. The largest absolute Gasteiger partial charge is 0.370 e. The molecule has 1 aromatic heterocycles. The molecule has 1 saturated heterocycles. The third-order valence-corrected chi connectivity index (χ3v) is 3.08. The lowest BCUT2D eigenvalue weighted by atomic mass is 10.1. The molecule has 18 heavy (non-hydrogen) atoms. The van der Waals surface area contributed by atoms with E-state index in [9.17, 15) is 0 Å². The predicted molar refractivity (Wildman–Crippen MR) is 80.4 cm³/mol. The fraction of sp³-hybridized carbons (Fsp3) is 0.688. The van der Waals surface area contributed by atoms with Gasteiger partial charge in [-0.25, -0.2) is 0 Å². The van der Waals surface area contributed by atoms with Gasteiger partial charge < -0.3 is 4.90 Å². The average molecular weight is 248 g/mol. The highest BCUT2D eigenvalue weighted by Crippen LogP contribution is 2.20. The van der Waals surface area contributed by atoms with Gasteiger partial charge in [0.25, 0.3) is 0 Å². The molecule has 0 aromatic carbocycles. The highest BCUT2D eigenvalue weighted by molar-refractivity contribution is 5.45. The van der Waals surface area contributed by atoms with Crippen molar-refractivity contribution in [3.63, 3.8) is 0 Å². The molecule has 0 amide bonds. The molecule has 1 aliphatic heterocycles. The second-order valence-corrected chi connectivity index (χ2v) is 5.35. The molecule has 0 bridgehead atoms. The Morgan fingerprint density at radius 3 is 2.17 bits per heavy atom. The minimum Gasteiger partial charge on any atom is -0.370 e. The fourth-order valence-corrected chi connectivity index (χ4v) is 2.08. The van der Waals surface area contributed by atoms with Crippen molar-refractivity contribution in [2.24, 2.45) is 0 Å². The van der Waals surface area contributed by atoms with Gasteiger partial charge in [0.15, 0.2) is 0 Å². The van der Waals surface area contributed by atoms with Crippen molar-refractivity contribution < 1.29 is 0 Å². The van der Waals surface area contributed by atoms with E-state index in [4.69, 9.17) is 0 Å². The Hall–Kier alpha value is -1.05. The lowest BCUT2D eigenvalue weighted by Crippen LogP contribution is -2.29. The van der Waals surface area contributed by atoms with Crippen molar-refractivity contribution >= 4 is 5.69 Å². The number of nitrogens with zero attached hydrogens (tertiary/aromatic N) is 2. The van der Waals surface area contributed by atoms with Crippen LogP contribution in [0.2, 0.25) is 0 Å². The summed E-state index contributed by atoms with van der Waals surface area (Å²) < 4.78 is 0. The van der Waals surface area contributed by atoms with Crippen molar-refractivity contribution in [3.8, 4) is 0 Å². The maximum Gasteiger partial charge on any atom is 0.0552 e. The van der Waals surface area contributed by atoms with Gasteiger partial charge in [0.2, 0.25) is 0 Å². The Kier molecular flexibility index (Phi) is 6.77. The SMILES string of the molecule is CC(C)c1ccc(N2CCCCC2)cn1.CCC. The molecule has 0 N–H and O–H groups in total. The number of anilines is 1. The zero-order valence-electron chi connectivity index (χ0n) is 12.4. The number of hydrogen-bond donors (Lipinski definition) is 0. The van der Waals surface area contributed by atoms with Gasteiger partial charge in [0, 0.05) is 18.8 Å². The normalized spacial score (nSPS) is 15.3. The van der Waals surface area contributed by atoms with Gasteiger partial charge in [-0.2, -0.15) is 0 Å². The second-order valence-electron chi connectivity index (χ2n) is 5.35. The van der Waals surface area contributed by atoms with E-state index in [0.717, 1.165) is 0 Å². The van der Waals surface area contributed by atoms with Crippen LogP contribution in [-0.4, -0.2) is 18.1 Å². The zero-order valence-corrected chi connectivity index (χ0v) is 12.4. The quantitative estimate of drug-likeness (QED) is 0.759. The number of aromatic nitrogens is 1. The van der Waals surface area contributed by atoms with E-state index in [2.05, 4.69) is 49.7 Å². The molecule has 0 radical (unpaired) electrons. The van der Waals surface area contributed by atoms with E-state index in [0.29, 0.717) is 5.92 Å². The molecule has 0 spiro atoms. The van der Waals surface area contributed by atoms with Crippen molar-refractivity contribution in [2.75, 3.05) is 18.0 Å². The van der Waals surface area contributed by atoms with E-state index in [-0.39, 0.29) is 0 Å². The van der Waals surface area contributed by atoms with Crippen molar-refractivity contribution in [2.45, 2.75) is 59.3 Å². The van der Waals surface area contributed by atoms with Gasteiger partial charge in [0.05, 0.1) is 11.9 Å². The molecule has 0 unspecified atom stereocenters. The van der Waals surface area contributed by atoms with Gasteiger partial charge in [-0.05, 0) is 37.3 Å². The summed E-state index contributed by atoms with van der Waals surface area (Å²) in [6.45, 7) is 11.0. The van der Waals surface area contributed by atoms with E-state index < -0.39 is 0 Å². The number of piperidine rings is 1. The lowest BCUT2D eigenvalue weighted by molar-refractivity contribution is 0.577. The van der Waals surface area contributed by atoms with Gasteiger partial charge in [0.1, 0.15) is 0 Å². The Morgan fingerprint density at radius 1 is 1.11 bits per heavy atom. The average Bonchev–Trinajstić information content (AvgIpc) is 2.41. The number of hydrogen-bond acceptors (Lipinski definition) is 2. The monoisotopic (exact) mass is 248 g/mol. The second kappa shape index (κ2) is 8.12. The summed E-state index contributed by atoms with van der Waals surface area (Å²) in [6.07, 6.45) is 7.31. The van der Waals surface area contributed by atoms with E-state index >= 15 is 0 Å². The van der Waals surface area contributed by atoms with Gasteiger partial charge in [-0.3, -0.25) is 4.98 Å². The first-order valence-electron chi connectivity index (χ1n) is 7.39. The molecule has 102 valence electrons. The van der Waals surface area contributed by atoms with Crippen molar-refractivity contribution in [1.82, 2.24) is 4.98 Å². The lowest BCUT2D eigenvalue weighted by Gasteiger charge is -2.28. The molecule has 1 aromatic rings. The Bertz CT molecular complexity index is 310. The molecule has 2 nitrogen and oxygen atoms in total. The molecule has 2 heteroatoms. The summed E-state index contributed by atoms with van der Waals surface area (Å²) in [6, 6.07) is 4.38. The first-order chi connectivity index (χ1) is 8.69. The van der Waals surface area contributed by atoms with Crippen LogP contribution < -0.4 is 4.90 Å². The standard InChI is InChI=1S/C13H20N2.C3H8/c1-11(2)13-7-6-12(10-14-13)15-8-4-3-5-9-15;1-3-2/h6-7,10-11H,3-5,8-9H2,1-2H3;3H2,1-2H3. The summed E-state index contributed by atoms with van der Waals surface area (Å²) in [5, 5.41) is 0. The van der Waals surface area contributed by atoms with Crippen molar-refractivity contribution in [3.05, 3.63) is 24.0 Å². The highest BCUT2D eigenvalue weighted by atomic mass is 15.1. The van der Waals surface area contributed by atoms with Crippen LogP contribution in [0.4, 0.5) is 5.69 Å². The minimum atomic E-state index is 0.528. The van der Waals surface area contributed by atoms with Crippen LogP contribution in [0.5, 0.6) is 0 Å². The smallest absolute Gasteiger partial charge is 0.0552 e. The molecule has 0 aliphatic carbocycles. The summed E-state index contributed by atoms with van der Waals surface area (Å²) in [7, 11) is 0. The number of rotatable bonds is 2. The molecule has 1 aliphatic rings. The summed E-state index contributed by atoms with van der Waals surface area (Å²) >= 11 is 0. The zero-order chi connectivity index (χ0) is 13.4. The molecule has 1 fully saturated rings. The van der Waals surface area contributed by atoms with Gasteiger partial charge in [-0.15, -0.1) is 0 Å². The Morgan fingerprint density at radius 2 is 1.72 bits per heavy atom. The maximum atomic E-state index is 4.51. The van der Waals surface area contributed by atoms with E-state index in [1.165, 1.54) is 50.2 Å². The fourth-order valence-electron chi connectivity index (χ4n) is 2.08. The number of pyridine rings is 1. The third-order valence-electron chi connectivity index (χ3n) is 3.08. The maximum absolute atomic E-state index is 4.51. The van der Waals surface area contributed by atoms with Crippen LogP contribution in [0.3, 0.4) is 0 Å². The van der Waals surface area contributed by atoms with Crippen LogP contribution in [-0.2, 0) is 0 Å². The molecular weight excluding hydrogens is 220 g/mol. The van der Waals surface area contributed by atoms with Crippen molar-refractivity contribution in [1.29, 1.82) is 0 Å². The van der Waals surface area contributed by atoms with Crippen LogP contribution in [0.1, 0.15) is 65.0 Å².